The smallest absolute Gasteiger partial charge is 0.311 e. The van der Waals surface area contributed by atoms with Crippen LogP contribution in [0.3, 0.4) is 0 Å². The Kier molecular flexibility index (Phi) is 3.77. The fourth-order valence-corrected chi connectivity index (χ4v) is 3.61. The minimum absolute atomic E-state index is 0.190. The Balaban J connectivity index is 2.10. The van der Waals surface area contributed by atoms with Crippen LogP contribution in [0.4, 0.5) is 0 Å². The fraction of sp³-hybridized carbons (Fsp3) is 0.500. The van der Waals surface area contributed by atoms with Crippen molar-refractivity contribution in [1.29, 1.82) is 0 Å². The van der Waals surface area contributed by atoms with Gasteiger partial charge in [-0.2, -0.15) is 0 Å². The van der Waals surface area contributed by atoms with Crippen LogP contribution >= 0.6 is 27.3 Å². The van der Waals surface area contributed by atoms with Gasteiger partial charge in [0.05, 0.1) is 14.1 Å². The number of hydrogen-bond acceptors (Lipinski definition) is 3. The predicted molar refractivity (Wildman–Crippen MR) is 72.9 cm³/mol. The van der Waals surface area contributed by atoms with E-state index in [-0.39, 0.29) is 11.9 Å². The van der Waals surface area contributed by atoms with Crippen molar-refractivity contribution < 1.29 is 14.7 Å². The van der Waals surface area contributed by atoms with Gasteiger partial charge in [-0.15, -0.1) is 11.3 Å². The Labute approximate surface area is 118 Å². The molecule has 0 radical (unpaired) electrons. The first-order valence-electron chi connectivity index (χ1n) is 5.73. The number of hydrogen-bond donors (Lipinski definition) is 2. The lowest BCUT2D eigenvalue weighted by Gasteiger charge is -2.27. The quantitative estimate of drug-likeness (QED) is 0.894. The molecule has 2 unspecified atom stereocenters. The standard InChI is InChI=1S/C12H14BrNO3S/c1-12(11(16)17)6-2-3-8(12)14-10(15)7-4-5-9(13)18-7/h4-5,8H,2-3,6H2,1H3,(H,14,15)(H,16,17). The highest BCUT2D eigenvalue weighted by atomic mass is 79.9. The summed E-state index contributed by atoms with van der Waals surface area (Å²) in [6.45, 7) is 1.71. The normalized spacial score (nSPS) is 27.1. The second-order valence-corrected chi connectivity index (χ2v) is 7.21. The van der Waals surface area contributed by atoms with Gasteiger partial charge in [-0.25, -0.2) is 0 Å². The van der Waals surface area contributed by atoms with Crippen molar-refractivity contribution in [3.05, 3.63) is 20.8 Å². The van der Waals surface area contributed by atoms with Crippen molar-refractivity contribution in [2.24, 2.45) is 5.41 Å². The van der Waals surface area contributed by atoms with E-state index in [9.17, 15) is 14.7 Å². The summed E-state index contributed by atoms with van der Waals surface area (Å²) in [6.07, 6.45) is 2.17. The number of carbonyl (C=O) groups is 2. The van der Waals surface area contributed by atoms with Gasteiger partial charge in [0.25, 0.3) is 5.91 Å². The number of thiophene rings is 1. The van der Waals surface area contributed by atoms with Gasteiger partial charge in [0, 0.05) is 6.04 Å². The van der Waals surface area contributed by atoms with Crippen LogP contribution in [0.5, 0.6) is 0 Å². The molecule has 18 heavy (non-hydrogen) atoms. The van der Waals surface area contributed by atoms with Crippen molar-refractivity contribution in [2.45, 2.75) is 32.2 Å². The molecule has 2 rings (SSSR count). The number of nitrogens with one attached hydrogen (secondary N) is 1. The van der Waals surface area contributed by atoms with E-state index in [1.54, 1.807) is 13.0 Å². The molecule has 1 saturated carbocycles. The minimum Gasteiger partial charge on any atom is -0.481 e. The molecule has 1 amide bonds. The molecule has 1 fully saturated rings. The number of aliphatic carboxylic acids is 1. The highest BCUT2D eigenvalue weighted by Gasteiger charge is 2.45. The molecule has 1 aromatic heterocycles. The molecule has 1 aliphatic carbocycles. The zero-order valence-corrected chi connectivity index (χ0v) is 12.3. The molecule has 0 saturated heterocycles. The first-order valence-corrected chi connectivity index (χ1v) is 7.34. The van der Waals surface area contributed by atoms with Crippen molar-refractivity contribution in [3.63, 3.8) is 0 Å². The lowest BCUT2D eigenvalue weighted by Crippen LogP contribution is -2.46. The minimum atomic E-state index is -0.843. The van der Waals surface area contributed by atoms with Gasteiger partial charge in [0.2, 0.25) is 0 Å². The molecular weight excluding hydrogens is 318 g/mol. The number of carbonyl (C=O) groups excluding carboxylic acids is 1. The topological polar surface area (TPSA) is 66.4 Å². The maximum absolute atomic E-state index is 12.0. The van der Waals surface area contributed by atoms with Crippen LogP contribution in [0.15, 0.2) is 15.9 Å². The molecule has 2 atom stereocenters. The summed E-state index contributed by atoms with van der Waals surface area (Å²) in [7, 11) is 0. The Morgan fingerprint density at radius 2 is 2.28 bits per heavy atom. The van der Waals surface area contributed by atoms with E-state index in [0.29, 0.717) is 11.3 Å². The monoisotopic (exact) mass is 331 g/mol. The van der Waals surface area contributed by atoms with Crippen LogP contribution in [0.25, 0.3) is 0 Å². The van der Waals surface area contributed by atoms with Crippen LogP contribution in [-0.2, 0) is 4.79 Å². The Hall–Kier alpha value is -0.880. The number of halogens is 1. The summed E-state index contributed by atoms with van der Waals surface area (Å²) >= 11 is 4.65. The van der Waals surface area contributed by atoms with Gasteiger partial charge in [-0.05, 0) is 47.8 Å². The molecular formula is C12H14BrNO3S. The van der Waals surface area contributed by atoms with Gasteiger partial charge < -0.3 is 10.4 Å². The summed E-state index contributed by atoms with van der Waals surface area (Å²) in [5.41, 5.74) is -0.843. The highest BCUT2D eigenvalue weighted by molar-refractivity contribution is 9.11. The molecule has 1 aliphatic rings. The number of carboxylic acids is 1. The molecule has 4 nitrogen and oxygen atoms in total. The van der Waals surface area contributed by atoms with Crippen molar-refractivity contribution >= 4 is 39.1 Å². The Morgan fingerprint density at radius 3 is 2.83 bits per heavy atom. The van der Waals surface area contributed by atoms with Crippen LogP contribution < -0.4 is 5.32 Å². The van der Waals surface area contributed by atoms with Gasteiger partial charge in [-0.1, -0.05) is 6.42 Å². The average molecular weight is 332 g/mol. The van der Waals surface area contributed by atoms with Crippen LogP contribution in [0, 0.1) is 5.41 Å². The molecule has 0 aliphatic heterocycles. The lowest BCUT2D eigenvalue weighted by atomic mass is 9.85. The zero-order valence-electron chi connectivity index (χ0n) is 9.90. The maximum atomic E-state index is 12.0. The molecule has 1 aromatic rings. The molecule has 6 heteroatoms. The third-order valence-corrected chi connectivity index (χ3v) is 5.17. The molecule has 0 aromatic carbocycles. The SMILES string of the molecule is CC1(C(=O)O)CCCC1NC(=O)c1ccc(Br)s1. The molecule has 1 heterocycles. The molecule has 0 spiro atoms. The first kappa shape index (κ1) is 13.5. The molecule has 98 valence electrons. The van der Waals surface area contributed by atoms with Gasteiger partial charge >= 0.3 is 5.97 Å². The van der Waals surface area contributed by atoms with Crippen molar-refractivity contribution in [1.82, 2.24) is 5.32 Å². The first-order chi connectivity index (χ1) is 8.43. The highest BCUT2D eigenvalue weighted by Crippen LogP contribution is 2.38. The van der Waals surface area contributed by atoms with Crippen LogP contribution in [-0.4, -0.2) is 23.0 Å². The summed E-state index contributed by atoms with van der Waals surface area (Å²) in [4.78, 5) is 23.9. The summed E-state index contributed by atoms with van der Waals surface area (Å²) < 4.78 is 0.889. The van der Waals surface area contributed by atoms with E-state index in [2.05, 4.69) is 21.2 Å². The molecule has 2 N–H and O–H groups in total. The number of rotatable bonds is 3. The second-order valence-electron chi connectivity index (χ2n) is 4.74. The van der Waals surface area contributed by atoms with Gasteiger partial charge in [0.1, 0.15) is 0 Å². The summed E-state index contributed by atoms with van der Waals surface area (Å²) in [5, 5.41) is 12.1. The van der Waals surface area contributed by atoms with Crippen LogP contribution in [0.2, 0.25) is 0 Å². The third-order valence-electron chi connectivity index (χ3n) is 3.55. The summed E-state index contributed by atoms with van der Waals surface area (Å²) in [6, 6.07) is 3.25. The van der Waals surface area contributed by atoms with E-state index in [1.165, 1.54) is 11.3 Å². The average Bonchev–Trinajstić information content (AvgIpc) is 2.87. The fourth-order valence-electron chi connectivity index (χ4n) is 2.32. The van der Waals surface area contributed by atoms with Gasteiger partial charge in [0.15, 0.2) is 0 Å². The zero-order chi connectivity index (χ0) is 13.3. The van der Waals surface area contributed by atoms with Crippen molar-refractivity contribution in [3.8, 4) is 0 Å². The Bertz CT molecular complexity index is 487. The maximum Gasteiger partial charge on any atom is 0.311 e. The second kappa shape index (κ2) is 5.01. The van der Waals surface area contributed by atoms with E-state index < -0.39 is 11.4 Å². The molecule has 0 bridgehead atoms. The number of carboxylic acid groups (broad SMARTS) is 1. The predicted octanol–water partition coefficient (Wildman–Crippen LogP) is 2.88. The van der Waals surface area contributed by atoms with E-state index >= 15 is 0 Å². The third kappa shape index (κ3) is 2.44. The lowest BCUT2D eigenvalue weighted by molar-refractivity contribution is -0.148. The van der Waals surface area contributed by atoms with Crippen LogP contribution in [0.1, 0.15) is 35.9 Å². The summed E-state index contributed by atoms with van der Waals surface area (Å²) in [5.74, 6) is -1.03. The van der Waals surface area contributed by atoms with Crippen molar-refractivity contribution in [2.75, 3.05) is 0 Å². The number of amides is 1. The largest absolute Gasteiger partial charge is 0.481 e. The van der Waals surface area contributed by atoms with E-state index in [4.69, 9.17) is 0 Å². The van der Waals surface area contributed by atoms with E-state index in [0.717, 1.165) is 16.6 Å². The van der Waals surface area contributed by atoms with E-state index in [1.807, 2.05) is 6.07 Å². The Morgan fingerprint density at radius 1 is 1.56 bits per heavy atom. The van der Waals surface area contributed by atoms with Gasteiger partial charge in [-0.3, -0.25) is 9.59 Å².